The summed E-state index contributed by atoms with van der Waals surface area (Å²) in [5.41, 5.74) is 0. The number of ether oxygens (including phenoxy) is 1. The highest BCUT2D eigenvalue weighted by atomic mass is 16.5. The summed E-state index contributed by atoms with van der Waals surface area (Å²) in [7, 11) is 3.82. The Labute approximate surface area is 105 Å². The molecule has 1 atom stereocenters. The Kier molecular flexibility index (Phi) is 5.22. The van der Waals surface area contributed by atoms with E-state index in [4.69, 9.17) is 4.74 Å². The summed E-state index contributed by atoms with van der Waals surface area (Å²) in [6.07, 6.45) is 2.93. The van der Waals surface area contributed by atoms with Gasteiger partial charge in [0.1, 0.15) is 0 Å². The fourth-order valence-corrected chi connectivity index (χ4v) is 2.70. The zero-order valence-electron chi connectivity index (χ0n) is 11.3. The minimum Gasteiger partial charge on any atom is -0.383 e. The van der Waals surface area contributed by atoms with Crippen LogP contribution >= 0.6 is 0 Å². The lowest BCUT2D eigenvalue weighted by Gasteiger charge is -2.39. The van der Waals surface area contributed by atoms with Crippen molar-refractivity contribution in [3.63, 3.8) is 0 Å². The smallest absolute Gasteiger partial charge is 0.0630 e. The van der Waals surface area contributed by atoms with E-state index in [-0.39, 0.29) is 0 Å². The van der Waals surface area contributed by atoms with E-state index < -0.39 is 0 Å². The summed E-state index contributed by atoms with van der Waals surface area (Å²) >= 11 is 0. The van der Waals surface area contributed by atoms with Crippen LogP contribution in [0.4, 0.5) is 0 Å². The van der Waals surface area contributed by atoms with Gasteiger partial charge in [0.25, 0.3) is 0 Å². The molecular formula is C13H27N3O. The highest BCUT2D eigenvalue weighted by molar-refractivity contribution is 4.83. The second-order valence-electron chi connectivity index (χ2n) is 5.45. The molecule has 2 fully saturated rings. The van der Waals surface area contributed by atoms with Crippen LogP contribution in [0.2, 0.25) is 0 Å². The van der Waals surface area contributed by atoms with Crippen LogP contribution in [0.1, 0.15) is 12.8 Å². The summed E-state index contributed by atoms with van der Waals surface area (Å²) < 4.78 is 5.32. The maximum Gasteiger partial charge on any atom is 0.0630 e. The first-order valence-corrected chi connectivity index (χ1v) is 6.93. The van der Waals surface area contributed by atoms with Crippen LogP contribution in [0.3, 0.4) is 0 Å². The van der Waals surface area contributed by atoms with E-state index in [2.05, 4.69) is 15.1 Å². The maximum absolute atomic E-state index is 5.32. The van der Waals surface area contributed by atoms with Gasteiger partial charge in [0.2, 0.25) is 0 Å². The Morgan fingerprint density at radius 1 is 1.24 bits per heavy atom. The minimum absolute atomic E-state index is 0.535. The molecule has 0 aromatic carbocycles. The van der Waals surface area contributed by atoms with Crippen molar-refractivity contribution >= 4 is 0 Å². The van der Waals surface area contributed by atoms with Gasteiger partial charge in [-0.2, -0.15) is 0 Å². The molecule has 4 heteroatoms. The fourth-order valence-electron chi connectivity index (χ4n) is 2.70. The SMILES string of the molecule is CNCC(COC)N1CCN(CC2CC2)CC1. The molecular weight excluding hydrogens is 214 g/mol. The Morgan fingerprint density at radius 3 is 2.47 bits per heavy atom. The van der Waals surface area contributed by atoms with E-state index in [1.54, 1.807) is 7.11 Å². The number of likely N-dealkylation sites (N-methyl/N-ethyl adjacent to an activating group) is 1. The molecule has 1 aliphatic carbocycles. The standard InChI is InChI=1S/C13H27N3O/c1-14-9-13(11-17-2)16-7-5-15(6-8-16)10-12-3-4-12/h12-14H,3-11H2,1-2H3. The molecule has 4 nitrogen and oxygen atoms in total. The molecule has 0 aromatic rings. The molecule has 1 aliphatic heterocycles. The molecule has 0 aromatic heterocycles. The second kappa shape index (κ2) is 6.69. The molecule has 100 valence electrons. The lowest BCUT2D eigenvalue weighted by molar-refractivity contribution is 0.0490. The zero-order chi connectivity index (χ0) is 12.1. The predicted octanol–water partition coefficient (Wildman–Crippen LogP) is 0.248. The van der Waals surface area contributed by atoms with E-state index in [1.807, 2.05) is 7.05 Å². The van der Waals surface area contributed by atoms with Crippen molar-refractivity contribution in [2.45, 2.75) is 18.9 Å². The Hall–Kier alpha value is -0.160. The van der Waals surface area contributed by atoms with Gasteiger partial charge in [-0.15, -0.1) is 0 Å². The first-order valence-electron chi connectivity index (χ1n) is 6.93. The number of methoxy groups -OCH3 is 1. The van der Waals surface area contributed by atoms with Gasteiger partial charge < -0.3 is 15.0 Å². The molecule has 2 rings (SSSR count). The largest absolute Gasteiger partial charge is 0.383 e. The highest BCUT2D eigenvalue weighted by Gasteiger charge is 2.28. The van der Waals surface area contributed by atoms with Crippen molar-refractivity contribution in [1.29, 1.82) is 0 Å². The molecule has 0 amide bonds. The van der Waals surface area contributed by atoms with Gasteiger partial charge in [-0.1, -0.05) is 0 Å². The number of piperazine rings is 1. The van der Waals surface area contributed by atoms with Gasteiger partial charge in [-0.05, 0) is 25.8 Å². The molecule has 1 saturated heterocycles. The van der Waals surface area contributed by atoms with Gasteiger partial charge in [-0.3, -0.25) is 4.90 Å². The fraction of sp³-hybridized carbons (Fsp3) is 1.00. The summed E-state index contributed by atoms with van der Waals surface area (Å²) in [4.78, 5) is 5.21. The number of rotatable bonds is 7. The van der Waals surface area contributed by atoms with E-state index in [9.17, 15) is 0 Å². The van der Waals surface area contributed by atoms with Crippen LogP contribution in [0.15, 0.2) is 0 Å². The molecule has 1 unspecified atom stereocenters. The van der Waals surface area contributed by atoms with E-state index in [0.29, 0.717) is 6.04 Å². The Balaban J connectivity index is 1.71. The van der Waals surface area contributed by atoms with E-state index >= 15 is 0 Å². The lowest BCUT2D eigenvalue weighted by atomic mass is 10.2. The number of hydrogen-bond acceptors (Lipinski definition) is 4. The van der Waals surface area contributed by atoms with Crippen LogP contribution in [-0.2, 0) is 4.74 Å². The van der Waals surface area contributed by atoms with Crippen LogP contribution in [0.5, 0.6) is 0 Å². The van der Waals surface area contributed by atoms with Gasteiger partial charge in [0.15, 0.2) is 0 Å². The molecule has 1 saturated carbocycles. The average molecular weight is 241 g/mol. The normalized spacial score (nSPS) is 25.1. The highest BCUT2D eigenvalue weighted by Crippen LogP contribution is 2.29. The van der Waals surface area contributed by atoms with Gasteiger partial charge >= 0.3 is 0 Å². The van der Waals surface area contributed by atoms with E-state index in [0.717, 1.165) is 19.1 Å². The monoisotopic (exact) mass is 241 g/mol. The van der Waals surface area contributed by atoms with Crippen molar-refractivity contribution in [2.24, 2.45) is 5.92 Å². The quantitative estimate of drug-likeness (QED) is 0.691. The van der Waals surface area contributed by atoms with Gasteiger partial charge in [-0.25, -0.2) is 0 Å². The third-order valence-corrected chi connectivity index (χ3v) is 3.94. The molecule has 1 N–H and O–H groups in total. The first-order chi connectivity index (χ1) is 8.33. The van der Waals surface area contributed by atoms with Crippen LogP contribution in [0.25, 0.3) is 0 Å². The van der Waals surface area contributed by atoms with Gasteiger partial charge in [0.05, 0.1) is 6.61 Å². The van der Waals surface area contributed by atoms with Gasteiger partial charge in [0, 0.05) is 52.4 Å². The molecule has 2 aliphatic rings. The van der Waals surface area contributed by atoms with Crippen molar-refractivity contribution in [3.05, 3.63) is 0 Å². The third-order valence-electron chi connectivity index (χ3n) is 3.94. The number of nitrogens with zero attached hydrogens (tertiary/aromatic N) is 2. The Morgan fingerprint density at radius 2 is 1.94 bits per heavy atom. The summed E-state index contributed by atoms with van der Waals surface area (Å²) in [6, 6.07) is 0.535. The molecule has 0 spiro atoms. The van der Waals surface area contributed by atoms with Crippen molar-refractivity contribution < 1.29 is 4.74 Å². The van der Waals surface area contributed by atoms with Crippen molar-refractivity contribution in [3.8, 4) is 0 Å². The average Bonchev–Trinajstić information content (AvgIpc) is 3.14. The van der Waals surface area contributed by atoms with Crippen LogP contribution in [-0.4, -0.2) is 75.9 Å². The van der Waals surface area contributed by atoms with E-state index in [1.165, 1.54) is 45.6 Å². The predicted molar refractivity (Wildman–Crippen MR) is 70.3 cm³/mol. The number of hydrogen-bond donors (Lipinski definition) is 1. The van der Waals surface area contributed by atoms with Crippen molar-refractivity contribution in [2.75, 3.05) is 60.0 Å². The Bertz CT molecular complexity index is 207. The summed E-state index contributed by atoms with van der Waals surface area (Å²) in [5, 5.41) is 3.27. The summed E-state index contributed by atoms with van der Waals surface area (Å²) in [6.45, 7) is 8.07. The minimum atomic E-state index is 0.535. The summed E-state index contributed by atoms with van der Waals surface area (Å²) in [5.74, 6) is 1.02. The van der Waals surface area contributed by atoms with Crippen LogP contribution in [0, 0.1) is 5.92 Å². The zero-order valence-corrected chi connectivity index (χ0v) is 11.3. The second-order valence-corrected chi connectivity index (χ2v) is 5.45. The lowest BCUT2D eigenvalue weighted by Crippen LogP contribution is -2.54. The number of nitrogens with one attached hydrogen (secondary N) is 1. The van der Waals surface area contributed by atoms with Crippen LogP contribution < -0.4 is 5.32 Å². The molecule has 17 heavy (non-hydrogen) atoms. The van der Waals surface area contributed by atoms with Crippen molar-refractivity contribution in [1.82, 2.24) is 15.1 Å². The maximum atomic E-state index is 5.32. The first kappa shape index (κ1) is 13.3. The topological polar surface area (TPSA) is 27.7 Å². The molecule has 0 radical (unpaired) electrons. The third kappa shape index (κ3) is 4.21. The molecule has 1 heterocycles. The molecule has 0 bridgehead atoms.